The maximum Gasteiger partial charge on any atom is 0.127 e. The number of aliphatic imine (C=N–C) groups is 1. The Morgan fingerprint density at radius 1 is 0.426 bits per heavy atom. The Hall–Kier alpha value is -6.65. The van der Waals surface area contributed by atoms with E-state index in [1.165, 1.54) is 59.2 Å². The summed E-state index contributed by atoms with van der Waals surface area (Å²) in [6.45, 7) is 0. The third-order valence-electron chi connectivity index (χ3n) is 11.0. The van der Waals surface area contributed by atoms with Gasteiger partial charge in [0.25, 0.3) is 0 Å². The van der Waals surface area contributed by atoms with Crippen molar-refractivity contribution in [2.45, 2.75) is 12.3 Å². The highest BCUT2D eigenvalue weighted by Crippen LogP contribution is 2.38. The normalized spacial score (nSPS) is 13.1. The summed E-state index contributed by atoms with van der Waals surface area (Å²) in [6.07, 6.45) is 1.11. The van der Waals surface area contributed by atoms with Crippen LogP contribution in [0.25, 0.3) is 75.8 Å². The third kappa shape index (κ3) is 5.50. The molecule has 54 heavy (non-hydrogen) atoms. The van der Waals surface area contributed by atoms with Crippen LogP contribution in [0.1, 0.15) is 29.0 Å². The van der Waals surface area contributed by atoms with E-state index in [1.807, 2.05) is 6.07 Å². The van der Waals surface area contributed by atoms with Gasteiger partial charge in [-0.2, -0.15) is 0 Å². The second-order valence-corrected chi connectivity index (χ2v) is 14.1. The Morgan fingerprint density at radius 2 is 0.963 bits per heavy atom. The first-order chi connectivity index (χ1) is 26.7. The summed E-state index contributed by atoms with van der Waals surface area (Å²) < 4.78 is 0. The van der Waals surface area contributed by atoms with Gasteiger partial charge in [0.1, 0.15) is 6.17 Å². The fourth-order valence-corrected chi connectivity index (χ4v) is 8.37. The molecule has 0 aromatic heterocycles. The lowest BCUT2D eigenvalue weighted by Crippen LogP contribution is -2.32. The number of nitrogens with two attached hydrogens (primary N) is 1. The van der Waals surface area contributed by atoms with Crippen LogP contribution in [-0.4, -0.2) is 6.21 Å². The maximum absolute atomic E-state index is 7.18. The molecular formula is C51H37N3. The van der Waals surface area contributed by atoms with Crippen LogP contribution in [0, 0.1) is 0 Å². The van der Waals surface area contributed by atoms with Gasteiger partial charge in [-0.3, -0.25) is 10.3 Å². The van der Waals surface area contributed by atoms with Crippen molar-refractivity contribution in [3.63, 3.8) is 0 Å². The number of hydrogen-bond donors (Lipinski definition) is 2. The van der Waals surface area contributed by atoms with Crippen molar-refractivity contribution in [3.05, 3.63) is 205 Å². The maximum atomic E-state index is 7.18. The van der Waals surface area contributed by atoms with E-state index in [0.29, 0.717) is 0 Å². The fourth-order valence-electron chi connectivity index (χ4n) is 8.37. The molecular weight excluding hydrogens is 655 g/mol. The zero-order valence-corrected chi connectivity index (χ0v) is 29.7. The molecule has 0 amide bonds. The fraction of sp³-hybridized carbons (Fsp3) is 0.0392. The van der Waals surface area contributed by atoms with Gasteiger partial charge in [-0.15, -0.1) is 0 Å². The molecule has 0 saturated heterocycles. The Balaban J connectivity index is 1.17. The molecule has 3 heteroatoms. The zero-order chi connectivity index (χ0) is 36.0. The third-order valence-corrected chi connectivity index (χ3v) is 11.0. The summed E-state index contributed by atoms with van der Waals surface area (Å²) in [7, 11) is 0. The van der Waals surface area contributed by atoms with Crippen LogP contribution in [-0.2, 0) is 0 Å². The predicted molar refractivity (Wildman–Crippen MR) is 230 cm³/mol. The molecule has 3 N–H and O–H groups in total. The van der Waals surface area contributed by atoms with Gasteiger partial charge in [0.2, 0.25) is 0 Å². The zero-order valence-electron chi connectivity index (χ0n) is 29.7. The number of rotatable bonds is 7. The van der Waals surface area contributed by atoms with Crippen LogP contribution in [0.4, 0.5) is 0 Å². The van der Waals surface area contributed by atoms with Crippen molar-refractivity contribution in [2.75, 3.05) is 0 Å². The molecule has 0 fully saturated rings. The molecule has 256 valence electrons. The van der Waals surface area contributed by atoms with Crippen molar-refractivity contribution in [1.29, 1.82) is 0 Å². The minimum Gasteiger partial charge on any atom is -0.312 e. The molecule has 10 rings (SSSR count). The van der Waals surface area contributed by atoms with E-state index in [4.69, 9.17) is 10.7 Å². The molecule has 0 bridgehead atoms. The van der Waals surface area contributed by atoms with Crippen molar-refractivity contribution < 1.29 is 0 Å². The Labute approximate surface area is 314 Å². The standard InChI is InChI=1S/C51H37N3/c52-50(46-25-13-8-18-37(46)33-14-2-1-3-15-33)54-51(36-27-29-44-42-23-10-9-21-40(42)41-22-11-12-24-43(41)48(44)31-36)53-32-49-39-20-7-5-17-35(39)30-47-38-19-6-4-16-34(38)26-28-45(47)49/h1-32,50-51,54H,52H2/b53-32+. The van der Waals surface area contributed by atoms with Gasteiger partial charge in [0, 0.05) is 11.8 Å². The number of benzene rings is 10. The summed E-state index contributed by atoms with van der Waals surface area (Å²) in [6, 6.07) is 67.0. The van der Waals surface area contributed by atoms with E-state index in [9.17, 15) is 0 Å². The minimum atomic E-state index is -0.499. The molecule has 0 aliphatic heterocycles. The molecule has 10 aromatic rings. The summed E-state index contributed by atoms with van der Waals surface area (Å²) >= 11 is 0. The Morgan fingerprint density at radius 3 is 1.70 bits per heavy atom. The van der Waals surface area contributed by atoms with Crippen LogP contribution >= 0.6 is 0 Å². The Kier molecular flexibility index (Phi) is 7.95. The molecule has 0 aliphatic carbocycles. The van der Waals surface area contributed by atoms with Gasteiger partial charge in [-0.25, -0.2) is 0 Å². The van der Waals surface area contributed by atoms with Gasteiger partial charge < -0.3 is 5.73 Å². The SMILES string of the molecule is NC(NC(/N=C/c1c2ccccc2cc2c1ccc1ccccc12)c1ccc2c3ccccc3c3ccccc3c2c1)c1ccccc1-c1ccccc1. The highest BCUT2D eigenvalue weighted by Gasteiger charge is 2.20. The van der Waals surface area contributed by atoms with Crippen molar-refractivity contribution in [2.24, 2.45) is 10.7 Å². The second kappa shape index (κ2) is 13.4. The first-order valence-corrected chi connectivity index (χ1v) is 18.6. The quantitative estimate of drug-likeness (QED) is 0.0756. The van der Waals surface area contributed by atoms with Crippen LogP contribution < -0.4 is 11.1 Å². The number of nitrogens with one attached hydrogen (secondary N) is 1. The van der Waals surface area contributed by atoms with Crippen LogP contribution in [0.15, 0.2) is 193 Å². The largest absolute Gasteiger partial charge is 0.312 e. The molecule has 0 aliphatic rings. The molecule has 2 unspecified atom stereocenters. The molecule has 10 aromatic carbocycles. The topological polar surface area (TPSA) is 50.4 Å². The number of nitrogens with zero attached hydrogens (tertiary/aromatic N) is 1. The van der Waals surface area contributed by atoms with Crippen molar-refractivity contribution >= 4 is 70.8 Å². The van der Waals surface area contributed by atoms with Gasteiger partial charge >= 0.3 is 0 Å². The Bertz CT molecular complexity index is 3020. The van der Waals surface area contributed by atoms with Crippen molar-refractivity contribution in [3.8, 4) is 11.1 Å². The number of hydrogen-bond acceptors (Lipinski definition) is 3. The van der Waals surface area contributed by atoms with Crippen LogP contribution in [0.5, 0.6) is 0 Å². The molecule has 3 nitrogen and oxygen atoms in total. The van der Waals surface area contributed by atoms with Gasteiger partial charge in [0.15, 0.2) is 0 Å². The summed E-state index contributed by atoms with van der Waals surface area (Å²) in [5, 5.41) is 18.4. The van der Waals surface area contributed by atoms with E-state index < -0.39 is 12.3 Å². The average Bonchev–Trinajstić information content (AvgIpc) is 3.24. The van der Waals surface area contributed by atoms with E-state index in [-0.39, 0.29) is 0 Å². The molecule has 0 radical (unpaired) electrons. The highest BCUT2D eigenvalue weighted by atomic mass is 15.1. The second-order valence-electron chi connectivity index (χ2n) is 14.1. The van der Waals surface area contributed by atoms with Gasteiger partial charge in [-0.05, 0) is 99.0 Å². The summed E-state index contributed by atoms with van der Waals surface area (Å²) in [4.78, 5) is 5.45. The first-order valence-electron chi connectivity index (χ1n) is 18.6. The van der Waals surface area contributed by atoms with E-state index in [0.717, 1.165) is 33.2 Å². The molecule has 0 heterocycles. The monoisotopic (exact) mass is 691 g/mol. The van der Waals surface area contributed by atoms with Gasteiger partial charge in [-0.1, -0.05) is 176 Å². The van der Waals surface area contributed by atoms with E-state index in [2.05, 4.69) is 194 Å². The highest BCUT2D eigenvalue weighted by molar-refractivity contribution is 6.25. The average molecular weight is 692 g/mol. The molecule has 0 spiro atoms. The van der Waals surface area contributed by atoms with Gasteiger partial charge in [0.05, 0.1) is 6.17 Å². The predicted octanol–water partition coefficient (Wildman–Crippen LogP) is 12.6. The van der Waals surface area contributed by atoms with E-state index >= 15 is 0 Å². The molecule has 0 saturated carbocycles. The lowest BCUT2D eigenvalue weighted by atomic mass is 9.92. The minimum absolute atomic E-state index is 0.451. The lowest BCUT2D eigenvalue weighted by molar-refractivity contribution is 0.468. The van der Waals surface area contributed by atoms with Crippen LogP contribution in [0.2, 0.25) is 0 Å². The first kappa shape index (κ1) is 32.0. The summed E-state index contributed by atoms with van der Waals surface area (Å²) in [5.41, 5.74) is 12.6. The lowest BCUT2D eigenvalue weighted by Gasteiger charge is -2.24. The van der Waals surface area contributed by atoms with Crippen molar-refractivity contribution in [1.82, 2.24) is 5.32 Å². The van der Waals surface area contributed by atoms with E-state index in [1.54, 1.807) is 0 Å². The van der Waals surface area contributed by atoms with Crippen LogP contribution in [0.3, 0.4) is 0 Å². The molecule has 2 atom stereocenters. The summed E-state index contributed by atoms with van der Waals surface area (Å²) in [5.74, 6) is 0. The smallest absolute Gasteiger partial charge is 0.127 e. The number of fused-ring (bicyclic) bond motifs is 10.